The highest BCUT2D eigenvalue weighted by atomic mass is 32.3. The number of halogens is 3. The summed E-state index contributed by atoms with van der Waals surface area (Å²) in [5, 5.41) is 28.7. The van der Waals surface area contributed by atoms with Crippen molar-refractivity contribution < 1.29 is 66.7 Å². The van der Waals surface area contributed by atoms with Gasteiger partial charge in [-0.05, 0) is 164 Å². The fraction of sp³-hybridized carbons (Fsp3) is 0.357. The number of sulfonamides is 1. The summed E-state index contributed by atoms with van der Waals surface area (Å²) in [5.41, 5.74) is -7.32. The van der Waals surface area contributed by atoms with Crippen LogP contribution in [0.1, 0.15) is 79.1 Å². The Bertz CT molecular complexity index is 2640. The highest BCUT2D eigenvalue weighted by molar-refractivity contribution is 8.10. The molecule has 0 amide bonds. The second-order valence-corrected chi connectivity index (χ2v) is 27.1. The first-order valence-corrected chi connectivity index (χ1v) is 31.1. The van der Waals surface area contributed by atoms with Gasteiger partial charge in [0, 0.05) is 0 Å². The summed E-state index contributed by atoms with van der Waals surface area (Å²) >= 11 is 0. The van der Waals surface area contributed by atoms with Gasteiger partial charge < -0.3 is 24.0 Å². The largest absolute Gasteiger partial charge is 0.726 e. The minimum absolute atomic E-state index is 0.0146. The first-order chi connectivity index (χ1) is 36.1. The molecule has 2 saturated carbocycles. The van der Waals surface area contributed by atoms with Crippen molar-refractivity contribution in [3.63, 3.8) is 0 Å². The van der Waals surface area contributed by atoms with Crippen LogP contribution in [0, 0.1) is 11.8 Å². The number of alkyl halides is 3. The average Bonchev–Trinajstić information content (AvgIpc) is 3.38. The minimum atomic E-state index is -6.17. The molecule has 6 aromatic rings. The van der Waals surface area contributed by atoms with Gasteiger partial charge in [-0.25, -0.2) is 25.3 Å². The van der Waals surface area contributed by atoms with Crippen molar-refractivity contribution >= 4 is 52.5 Å². The van der Waals surface area contributed by atoms with Crippen LogP contribution < -0.4 is 0 Å². The third kappa shape index (κ3) is 22.9. The normalized spacial score (nSPS) is 18.2. The van der Waals surface area contributed by atoms with Crippen LogP contribution in [0.15, 0.2) is 211 Å². The molecule has 0 saturated heterocycles. The van der Waals surface area contributed by atoms with Crippen molar-refractivity contribution in [2.24, 2.45) is 11.8 Å². The van der Waals surface area contributed by atoms with E-state index in [1.165, 1.54) is 29.4 Å². The van der Waals surface area contributed by atoms with Crippen molar-refractivity contribution in [3.05, 3.63) is 186 Å². The van der Waals surface area contributed by atoms with Gasteiger partial charge >= 0.3 is 5.51 Å². The van der Waals surface area contributed by atoms with Crippen LogP contribution in [0.2, 0.25) is 0 Å². The van der Waals surface area contributed by atoms with Gasteiger partial charge in [-0.3, -0.25) is 8.37 Å². The molecule has 3 N–H and O–H groups in total. The van der Waals surface area contributed by atoms with E-state index in [4.69, 9.17) is 0 Å². The maximum atomic E-state index is 12.1. The molecule has 0 heterocycles. The number of rotatable bonds is 13. The van der Waals surface area contributed by atoms with Crippen molar-refractivity contribution in [2.45, 2.75) is 137 Å². The van der Waals surface area contributed by atoms with E-state index in [-0.39, 0.29) is 46.7 Å². The van der Waals surface area contributed by atoms with Crippen LogP contribution in [-0.4, -0.2) is 81.2 Å². The van der Waals surface area contributed by atoms with Crippen LogP contribution in [-0.2, 0) is 60.9 Å². The quantitative estimate of drug-likeness (QED) is 0.0559. The molecule has 420 valence electrons. The Balaban J connectivity index is 0.000000218. The summed E-state index contributed by atoms with van der Waals surface area (Å²) in [6.07, 6.45) is 3.68. The van der Waals surface area contributed by atoms with Gasteiger partial charge in [0.15, 0.2) is 39.4 Å². The molecule has 0 aliphatic heterocycles. The maximum Gasteiger partial charge on any atom is 0.480 e. The van der Waals surface area contributed by atoms with Crippen molar-refractivity contribution in [1.29, 1.82) is 0 Å². The molecule has 0 unspecified atom stereocenters. The number of hydrogen-bond donors (Lipinski definition) is 3. The Morgan fingerprint density at radius 2 is 0.714 bits per heavy atom. The Kier molecular flexibility index (Phi) is 25.4. The molecule has 6 aromatic carbocycles. The van der Waals surface area contributed by atoms with Gasteiger partial charge in [0.05, 0.1) is 52.3 Å². The summed E-state index contributed by atoms with van der Waals surface area (Å²) < 4.78 is 118. The Morgan fingerprint density at radius 3 is 0.922 bits per heavy atom. The van der Waals surface area contributed by atoms with E-state index < -0.39 is 53.5 Å². The van der Waals surface area contributed by atoms with Gasteiger partial charge in [-0.1, -0.05) is 109 Å². The fourth-order valence-electron chi connectivity index (χ4n) is 8.16. The highest BCUT2D eigenvalue weighted by Crippen LogP contribution is 2.37. The molecule has 13 nitrogen and oxygen atoms in total. The van der Waals surface area contributed by atoms with E-state index in [9.17, 15) is 58.3 Å². The topological polar surface area (TPSA) is 219 Å². The fourth-order valence-corrected chi connectivity index (χ4v) is 14.3. The number of nitrogens with zero attached hydrogens (tertiary/aromatic N) is 1. The van der Waals surface area contributed by atoms with Crippen LogP contribution in [0.25, 0.3) is 4.13 Å². The summed E-state index contributed by atoms with van der Waals surface area (Å²) in [4.78, 5) is 8.17. The van der Waals surface area contributed by atoms with Crippen molar-refractivity contribution in [2.75, 3.05) is 7.11 Å². The van der Waals surface area contributed by atoms with Gasteiger partial charge in [-0.15, -0.1) is 0 Å². The molecular weight excluding hydrogens is 1100 g/mol. The Hall–Kier alpha value is -4.62. The third-order valence-electron chi connectivity index (χ3n) is 12.2. The van der Waals surface area contributed by atoms with Gasteiger partial charge in [0.25, 0.3) is 0 Å². The highest BCUT2D eigenvalue weighted by Gasteiger charge is 2.41. The third-order valence-corrected chi connectivity index (χ3v) is 19.7. The standard InChI is InChI=1S/2C18H15S.C10H17F3NO6S2.C9H18O2.CH4O4S/c2*1-4-10-16(11-5-1)19(17-12-6-2-7-13-17)18-14-8-3-9-15-18;1-9(2,15)7-3-5-8(6-4-7)20-22(18,19)14-21(16,17)10(11,12)13;1-9(2,11)7-3-5-8(10)6-4-7;1-5-6(2,3)4/h2*1-15H;7-8,15H,3-6H2,1-2H3;7-8,10-11H,3-6H2,1-2H3;1H3,(H,2,3,4)/q2*+1;-1;;/p-1. The lowest BCUT2D eigenvalue weighted by molar-refractivity contribution is -0.0426. The van der Waals surface area contributed by atoms with Crippen molar-refractivity contribution in [3.8, 4) is 0 Å². The first-order valence-electron chi connectivity index (χ1n) is 24.5. The number of aliphatic hydroxyl groups excluding tert-OH is 1. The molecule has 0 radical (unpaired) electrons. The van der Waals surface area contributed by atoms with Crippen LogP contribution in [0.3, 0.4) is 0 Å². The zero-order valence-electron chi connectivity index (χ0n) is 43.4. The Morgan fingerprint density at radius 1 is 0.481 bits per heavy atom. The molecule has 2 aliphatic rings. The molecule has 21 heteroatoms. The number of hydrogen-bond acceptors (Lipinski definition) is 12. The molecule has 77 heavy (non-hydrogen) atoms. The first kappa shape index (κ1) is 64.9. The molecule has 2 aliphatic carbocycles. The summed E-state index contributed by atoms with van der Waals surface area (Å²) in [5.74, 6) is 0.275. The molecule has 0 aromatic heterocycles. The predicted molar refractivity (Wildman–Crippen MR) is 294 cm³/mol. The molecule has 2 fully saturated rings. The van der Waals surface area contributed by atoms with E-state index >= 15 is 0 Å². The molecule has 0 atom stereocenters. The second-order valence-electron chi connectivity index (χ2n) is 18.9. The van der Waals surface area contributed by atoms with E-state index in [2.05, 4.69) is 190 Å². The van der Waals surface area contributed by atoms with E-state index in [0.29, 0.717) is 18.8 Å². The van der Waals surface area contributed by atoms with E-state index in [1.807, 2.05) is 18.0 Å². The second kappa shape index (κ2) is 30.1. The van der Waals surface area contributed by atoms with Gasteiger partial charge in [-0.2, -0.15) is 13.2 Å². The van der Waals surface area contributed by atoms with Crippen LogP contribution >= 0.6 is 0 Å². The van der Waals surface area contributed by atoms with Crippen LogP contribution in [0.5, 0.6) is 0 Å². The lowest BCUT2D eigenvalue weighted by atomic mass is 9.78. The molecule has 0 spiro atoms. The lowest BCUT2D eigenvalue weighted by Gasteiger charge is -2.36. The predicted octanol–water partition coefficient (Wildman–Crippen LogP) is 11.8. The molecule has 8 rings (SSSR count). The van der Waals surface area contributed by atoms with Gasteiger partial charge in [0.1, 0.15) is 0 Å². The SMILES string of the molecule is CC(C)(O)C1CCC(O)CC1.CC(C)(O)C1CCC(OS(=O)(=O)[N-]S(=O)(=O)C(F)(F)F)CC1.COS(=O)(=O)[O-].c1ccc([S+](c2ccccc2)c2ccccc2)cc1.c1ccc([S+](c2ccccc2)c2ccccc2)cc1. The summed E-state index contributed by atoms with van der Waals surface area (Å²) in [6.45, 7) is 6.91. The summed E-state index contributed by atoms with van der Waals surface area (Å²) in [6, 6.07) is 64.3. The van der Waals surface area contributed by atoms with E-state index in [0.717, 1.165) is 32.8 Å². The average molecular weight is 1160 g/mol. The zero-order valence-corrected chi connectivity index (χ0v) is 47.5. The monoisotopic (exact) mass is 1160 g/mol. The minimum Gasteiger partial charge on any atom is -0.726 e. The smallest absolute Gasteiger partial charge is 0.480 e. The summed E-state index contributed by atoms with van der Waals surface area (Å²) in [7, 11) is -15.0. The van der Waals surface area contributed by atoms with Crippen molar-refractivity contribution in [1.82, 2.24) is 0 Å². The van der Waals surface area contributed by atoms with Crippen LogP contribution in [0.4, 0.5) is 13.2 Å². The lowest BCUT2D eigenvalue weighted by Crippen LogP contribution is -2.36. The Labute approximate surface area is 458 Å². The maximum absolute atomic E-state index is 12.1. The van der Waals surface area contributed by atoms with E-state index in [1.54, 1.807) is 13.8 Å². The molecule has 0 bridgehead atoms. The zero-order chi connectivity index (χ0) is 56.9. The number of benzene rings is 6. The van der Waals surface area contributed by atoms with Gasteiger partial charge in [0.2, 0.25) is 20.7 Å². The number of aliphatic hydroxyl groups is 3. The molecular formula is C56H68F3NO12S5.